The van der Waals surface area contributed by atoms with Crippen LogP contribution in [0.3, 0.4) is 0 Å². The third-order valence-electron chi connectivity index (χ3n) is 3.54. The number of anilines is 1. The highest BCUT2D eigenvalue weighted by atomic mass is 16.2. The molecule has 2 aromatic heterocycles. The molecule has 1 aliphatic rings. The molecular formula is C13H17N5O. The summed E-state index contributed by atoms with van der Waals surface area (Å²) in [7, 11) is 3.64. The molecule has 100 valence electrons. The minimum absolute atomic E-state index is 0.138. The zero-order valence-corrected chi connectivity index (χ0v) is 11.4. The highest BCUT2D eigenvalue weighted by molar-refractivity contribution is 6.03. The summed E-state index contributed by atoms with van der Waals surface area (Å²) in [6.07, 6.45) is 3.11. The Morgan fingerprint density at radius 2 is 2.05 bits per heavy atom. The fourth-order valence-corrected chi connectivity index (χ4v) is 2.67. The standard InChI is InChI=1S/C13H17N5O/c1-8-7-11(17(2)15-8)13(19)14-12-9-5-4-6-10(9)16-18(12)3/h7H,4-6H2,1-3H3,(H,14,19). The van der Waals surface area contributed by atoms with E-state index in [9.17, 15) is 4.79 Å². The quantitative estimate of drug-likeness (QED) is 0.881. The molecule has 0 unspecified atom stereocenters. The SMILES string of the molecule is Cc1cc(C(=O)Nc2c3c(nn2C)CCC3)n(C)n1. The van der Waals surface area contributed by atoms with E-state index in [4.69, 9.17) is 0 Å². The maximum absolute atomic E-state index is 12.3. The van der Waals surface area contributed by atoms with Gasteiger partial charge in [-0.15, -0.1) is 0 Å². The van der Waals surface area contributed by atoms with Gasteiger partial charge < -0.3 is 5.32 Å². The number of aryl methyl sites for hydroxylation is 4. The molecule has 1 N–H and O–H groups in total. The van der Waals surface area contributed by atoms with E-state index in [-0.39, 0.29) is 5.91 Å². The van der Waals surface area contributed by atoms with Crippen LogP contribution in [0.4, 0.5) is 5.82 Å². The summed E-state index contributed by atoms with van der Waals surface area (Å²) in [4.78, 5) is 12.3. The fourth-order valence-electron chi connectivity index (χ4n) is 2.67. The van der Waals surface area contributed by atoms with Crippen LogP contribution >= 0.6 is 0 Å². The van der Waals surface area contributed by atoms with Crippen LogP contribution in [0, 0.1) is 6.92 Å². The van der Waals surface area contributed by atoms with Gasteiger partial charge in [0.1, 0.15) is 11.5 Å². The van der Waals surface area contributed by atoms with Crippen LogP contribution in [-0.4, -0.2) is 25.5 Å². The summed E-state index contributed by atoms with van der Waals surface area (Å²) in [6, 6.07) is 1.78. The Hall–Kier alpha value is -2.11. The molecule has 0 saturated heterocycles. The normalized spacial score (nSPS) is 13.6. The summed E-state index contributed by atoms with van der Waals surface area (Å²) < 4.78 is 3.35. The number of carbonyl (C=O) groups is 1. The number of amides is 1. The highest BCUT2D eigenvalue weighted by Gasteiger charge is 2.23. The molecule has 0 aromatic carbocycles. The molecule has 0 aliphatic heterocycles. The van der Waals surface area contributed by atoms with Crippen LogP contribution < -0.4 is 5.32 Å². The van der Waals surface area contributed by atoms with Gasteiger partial charge in [0.25, 0.3) is 5.91 Å². The molecule has 3 rings (SSSR count). The zero-order chi connectivity index (χ0) is 13.6. The molecule has 0 bridgehead atoms. The van der Waals surface area contributed by atoms with Gasteiger partial charge in [-0.3, -0.25) is 14.2 Å². The van der Waals surface area contributed by atoms with Gasteiger partial charge in [-0.05, 0) is 32.3 Å². The first-order valence-electron chi connectivity index (χ1n) is 6.43. The third-order valence-corrected chi connectivity index (χ3v) is 3.54. The van der Waals surface area contributed by atoms with Crippen LogP contribution in [-0.2, 0) is 26.9 Å². The van der Waals surface area contributed by atoms with Gasteiger partial charge in [-0.1, -0.05) is 0 Å². The van der Waals surface area contributed by atoms with E-state index in [1.807, 2.05) is 14.0 Å². The molecule has 6 nitrogen and oxygen atoms in total. The van der Waals surface area contributed by atoms with Crippen molar-refractivity contribution in [2.24, 2.45) is 14.1 Å². The van der Waals surface area contributed by atoms with E-state index < -0.39 is 0 Å². The molecule has 0 atom stereocenters. The number of fused-ring (bicyclic) bond motifs is 1. The lowest BCUT2D eigenvalue weighted by Crippen LogP contribution is -2.18. The topological polar surface area (TPSA) is 64.7 Å². The molecule has 0 saturated carbocycles. The van der Waals surface area contributed by atoms with E-state index in [1.165, 1.54) is 5.56 Å². The first kappa shape index (κ1) is 12.0. The second kappa shape index (κ2) is 4.22. The Morgan fingerprint density at radius 3 is 2.74 bits per heavy atom. The molecule has 6 heteroatoms. The summed E-state index contributed by atoms with van der Waals surface area (Å²) >= 11 is 0. The number of nitrogens with one attached hydrogen (secondary N) is 1. The number of rotatable bonds is 2. The first-order valence-corrected chi connectivity index (χ1v) is 6.43. The largest absolute Gasteiger partial charge is 0.305 e. The fraction of sp³-hybridized carbons (Fsp3) is 0.462. The monoisotopic (exact) mass is 259 g/mol. The lowest BCUT2D eigenvalue weighted by Gasteiger charge is -2.07. The molecule has 1 aliphatic carbocycles. The molecule has 2 heterocycles. The van der Waals surface area contributed by atoms with Crippen molar-refractivity contribution in [3.63, 3.8) is 0 Å². The number of aromatic nitrogens is 4. The Balaban J connectivity index is 1.90. The lowest BCUT2D eigenvalue weighted by atomic mass is 10.2. The van der Waals surface area contributed by atoms with Gasteiger partial charge in [0.05, 0.1) is 11.4 Å². The Morgan fingerprint density at radius 1 is 1.26 bits per heavy atom. The maximum atomic E-state index is 12.3. The minimum Gasteiger partial charge on any atom is -0.305 e. The van der Waals surface area contributed by atoms with E-state index in [1.54, 1.807) is 22.5 Å². The average molecular weight is 259 g/mol. The van der Waals surface area contributed by atoms with Gasteiger partial charge in [-0.2, -0.15) is 10.2 Å². The first-order chi connectivity index (χ1) is 9.06. The number of hydrogen-bond acceptors (Lipinski definition) is 3. The van der Waals surface area contributed by atoms with Crippen LogP contribution in [0.1, 0.15) is 33.9 Å². The van der Waals surface area contributed by atoms with E-state index >= 15 is 0 Å². The lowest BCUT2D eigenvalue weighted by molar-refractivity contribution is 0.101. The van der Waals surface area contributed by atoms with Gasteiger partial charge >= 0.3 is 0 Å². The molecule has 2 aromatic rings. The van der Waals surface area contributed by atoms with Crippen molar-refractivity contribution in [2.45, 2.75) is 26.2 Å². The van der Waals surface area contributed by atoms with Gasteiger partial charge in [-0.25, -0.2) is 0 Å². The summed E-state index contributed by atoms with van der Waals surface area (Å²) in [5, 5.41) is 11.6. The molecule has 0 spiro atoms. The van der Waals surface area contributed by atoms with Crippen molar-refractivity contribution in [1.29, 1.82) is 0 Å². The van der Waals surface area contributed by atoms with Crippen LogP contribution in [0.5, 0.6) is 0 Å². The molecule has 0 fully saturated rings. The molecule has 0 radical (unpaired) electrons. The van der Waals surface area contributed by atoms with Crippen molar-refractivity contribution >= 4 is 11.7 Å². The predicted octanol–water partition coefficient (Wildman–Crippen LogP) is 1.20. The minimum atomic E-state index is -0.138. The maximum Gasteiger partial charge on any atom is 0.275 e. The summed E-state index contributed by atoms with van der Waals surface area (Å²) in [6.45, 7) is 1.87. The Kier molecular flexibility index (Phi) is 2.66. The third kappa shape index (κ3) is 1.93. The van der Waals surface area contributed by atoms with Crippen molar-refractivity contribution in [1.82, 2.24) is 19.6 Å². The second-order valence-corrected chi connectivity index (χ2v) is 5.00. The molecule has 1 amide bonds. The van der Waals surface area contributed by atoms with Gasteiger partial charge in [0, 0.05) is 19.7 Å². The number of hydrogen-bond donors (Lipinski definition) is 1. The van der Waals surface area contributed by atoms with Crippen LogP contribution in [0.2, 0.25) is 0 Å². The van der Waals surface area contributed by atoms with E-state index in [0.717, 1.165) is 36.5 Å². The van der Waals surface area contributed by atoms with Gasteiger partial charge in [0.15, 0.2) is 0 Å². The smallest absolute Gasteiger partial charge is 0.275 e. The van der Waals surface area contributed by atoms with E-state index in [2.05, 4.69) is 15.5 Å². The van der Waals surface area contributed by atoms with Crippen LogP contribution in [0.25, 0.3) is 0 Å². The van der Waals surface area contributed by atoms with Crippen molar-refractivity contribution < 1.29 is 4.79 Å². The highest BCUT2D eigenvalue weighted by Crippen LogP contribution is 2.28. The Bertz CT molecular complexity index is 652. The summed E-state index contributed by atoms with van der Waals surface area (Å²) in [5.74, 6) is 0.678. The van der Waals surface area contributed by atoms with Crippen molar-refractivity contribution in [3.8, 4) is 0 Å². The predicted molar refractivity (Wildman–Crippen MR) is 71.1 cm³/mol. The number of nitrogens with zero attached hydrogens (tertiary/aromatic N) is 4. The Labute approximate surface area is 111 Å². The summed E-state index contributed by atoms with van der Waals surface area (Å²) in [5.41, 5.74) is 3.68. The van der Waals surface area contributed by atoms with Crippen molar-refractivity contribution in [3.05, 3.63) is 28.7 Å². The molecule has 19 heavy (non-hydrogen) atoms. The molecular weight excluding hydrogens is 242 g/mol. The van der Waals surface area contributed by atoms with E-state index in [0.29, 0.717) is 5.69 Å². The average Bonchev–Trinajstić information content (AvgIpc) is 2.98. The van der Waals surface area contributed by atoms with Gasteiger partial charge in [0.2, 0.25) is 0 Å². The van der Waals surface area contributed by atoms with Crippen LogP contribution in [0.15, 0.2) is 6.07 Å². The van der Waals surface area contributed by atoms with Crippen molar-refractivity contribution in [2.75, 3.05) is 5.32 Å². The second-order valence-electron chi connectivity index (χ2n) is 5.00. The zero-order valence-electron chi connectivity index (χ0n) is 11.4. The number of carbonyl (C=O) groups excluding carboxylic acids is 1.